The maximum absolute atomic E-state index is 13.6. The molecule has 0 N–H and O–H groups in total. The van der Waals surface area contributed by atoms with Crippen LogP contribution in [0.2, 0.25) is 0 Å². The number of hydrogen-bond acceptors (Lipinski definition) is 2. The molecule has 5 heteroatoms. The Bertz CT molecular complexity index is 416. The molecule has 0 aliphatic carbocycles. The van der Waals surface area contributed by atoms with Crippen LogP contribution >= 0.6 is 11.6 Å². The number of ether oxygens (including phenoxy) is 1. The van der Waals surface area contributed by atoms with Gasteiger partial charge in [0.1, 0.15) is 11.6 Å². The van der Waals surface area contributed by atoms with Gasteiger partial charge < -0.3 is 4.74 Å². The van der Waals surface area contributed by atoms with Crippen molar-refractivity contribution in [2.24, 2.45) is 0 Å². The fourth-order valence-electron chi connectivity index (χ4n) is 2.25. The van der Waals surface area contributed by atoms with Crippen molar-refractivity contribution in [3.63, 3.8) is 0 Å². The van der Waals surface area contributed by atoms with Crippen molar-refractivity contribution in [1.29, 1.82) is 0 Å². The predicted molar refractivity (Wildman–Crippen MR) is 66.7 cm³/mol. The molecule has 2 rings (SSSR count). The molecule has 18 heavy (non-hydrogen) atoms. The van der Waals surface area contributed by atoms with E-state index >= 15 is 0 Å². The molecule has 0 radical (unpaired) electrons. The summed E-state index contributed by atoms with van der Waals surface area (Å²) in [6.45, 7) is 3.81. The quantitative estimate of drug-likeness (QED) is 0.787. The van der Waals surface area contributed by atoms with Gasteiger partial charge in [-0.1, -0.05) is 6.07 Å². The Hall–Kier alpha value is -0.710. The zero-order chi connectivity index (χ0) is 13.1. The van der Waals surface area contributed by atoms with Crippen molar-refractivity contribution in [3.8, 4) is 0 Å². The Kier molecular flexibility index (Phi) is 4.54. The minimum atomic E-state index is -0.551. The van der Waals surface area contributed by atoms with E-state index in [0.29, 0.717) is 24.5 Å². The highest BCUT2D eigenvalue weighted by molar-refractivity contribution is 6.18. The van der Waals surface area contributed by atoms with E-state index in [1.54, 1.807) is 0 Å². The summed E-state index contributed by atoms with van der Waals surface area (Å²) in [5.41, 5.74) is 0.499. The Morgan fingerprint density at radius 2 is 2.17 bits per heavy atom. The smallest absolute Gasteiger partial charge is 0.130 e. The van der Waals surface area contributed by atoms with E-state index in [4.69, 9.17) is 16.3 Å². The second kappa shape index (κ2) is 5.95. The van der Waals surface area contributed by atoms with Crippen molar-refractivity contribution < 1.29 is 13.5 Å². The van der Waals surface area contributed by atoms with Crippen molar-refractivity contribution in [2.45, 2.75) is 25.7 Å². The van der Waals surface area contributed by atoms with Gasteiger partial charge in [-0.3, -0.25) is 4.90 Å². The van der Waals surface area contributed by atoms with Crippen LogP contribution in [0.1, 0.15) is 12.5 Å². The fourth-order valence-corrected chi connectivity index (χ4v) is 2.42. The Morgan fingerprint density at radius 1 is 1.39 bits per heavy atom. The van der Waals surface area contributed by atoms with Crippen LogP contribution in [0.5, 0.6) is 0 Å². The molecule has 2 nitrogen and oxygen atoms in total. The first kappa shape index (κ1) is 13.7. The molecule has 2 unspecified atom stereocenters. The summed E-state index contributed by atoms with van der Waals surface area (Å²) >= 11 is 5.79. The average Bonchev–Trinajstić information content (AvgIpc) is 2.32. The third-order valence-electron chi connectivity index (χ3n) is 2.98. The molecule has 0 saturated carbocycles. The van der Waals surface area contributed by atoms with Crippen molar-refractivity contribution in [2.75, 3.05) is 19.0 Å². The standard InChI is InChI=1S/C13H16ClF2NO/c1-9-6-17(8-12(5-14)18-9)7-10-2-3-11(15)4-13(10)16/h2-4,9,12H,5-8H2,1H3. The highest BCUT2D eigenvalue weighted by Crippen LogP contribution is 2.17. The highest BCUT2D eigenvalue weighted by atomic mass is 35.5. The van der Waals surface area contributed by atoms with Gasteiger partial charge in [0.15, 0.2) is 0 Å². The van der Waals surface area contributed by atoms with Gasteiger partial charge in [0.2, 0.25) is 0 Å². The summed E-state index contributed by atoms with van der Waals surface area (Å²) in [7, 11) is 0. The largest absolute Gasteiger partial charge is 0.371 e. The normalized spacial score (nSPS) is 25.3. The van der Waals surface area contributed by atoms with Crippen molar-refractivity contribution in [1.82, 2.24) is 4.90 Å². The molecule has 100 valence electrons. The maximum atomic E-state index is 13.6. The topological polar surface area (TPSA) is 12.5 Å². The zero-order valence-corrected chi connectivity index (χ0v) is 11.0. The number of hydrogen-bond donors (Lipinski definition) is 0. The second-order valence-electron chi connectivity index (χ2n) is 4.65. The van der Waals surface area contributed by atoms with Crippen LogP contribution in [-0.4, -0.2) is 36.1 Å². The molecule has 1 fully saturated rings. The van der Waals surface area contributed by atoms with Crippen molar-refractivity contribution >= 4 is 11.6 Å². The SMILES string of the molecule is CC1CN(Cc2ccc(F)cc2F)CC(CCl)O1. The molecular formula is C13H16ClF2NO. The number of nitrogens with zero attached hydrogens (tertiary/aromatic N) is 1. The fraction of sp³-hybridized carbons (Fsp3) is 0.538. The summed E-state index contributed by atoms with van der Waals surface area (Å²) in [4.78, 5) is 2.08. The van der Waals surface area contributed by atoms with Crippen LogP contribution < -0.4 is 0 Å². The van der Waals surface area contributed by atoms with Crippen LogP contribution in [0.15, 0.2) is 18.2 Å². The molecule has 0 spiro atoms. The summed E-state index contributed by atoms with van der Waals surface area (Å²) in [5, 5.41) is 0. The molecule has 1 aliphatic heterocycles. The zero-order valence-electron chi connectivity index (χ0n) is 10.2. The van der Waals surface area contributed by atoms with E-state index in [1.807, 2.05) is 6.92 Å². The molecule has 1 aromatic carbocycles. The molecule has 1 aliphatic rings. The minimum Gasteiger partial charge on any atom is -0.371 e. The van der Waals surface area contributed by atoms with E-state index in [9.17, 15) is 8.78 Å². The summed E-state index contributed by atoms with van der Waals surface area (Å²) in [6, 6.07) is 3.68. The maximum Gasteiger partial charge on any atom is 0.130 e. The Labute approximate surface area is 110 Å². The minimum absolute atomic E-state index is 0.0288. The van der Waals surface area contributed by atoms with Gasteiger partial charge in [-0.15, -0.1) is 11.6 Å². The van der Waals surface area contributed by atoms with Gasteiger partial charge in [-0.05, 0) is 13.0 Å². The Balaban J connectivity index is 2.04. The van der Waals surface area contributed by atoms with Gasteiger partial charge in [0.25, 0.3) is 0 Å². The third-order valence-corrected chi connectivity index (χ3v) is 3.33. The lowest BCUT2D eigenvalue weighted by molar-refractivity contribution is -0.0691. The van der Waals surface area contributed by atoms with E-state index in [0.717, 1.165) is 12.6 Å². The van der Waals surface area contributed by atoms with E-state index in [2.05, 4.69) is 4.90 Å². The molecule has 2 atom stereocenters. The molecule has 0 amide bonds. The molecular weight excluding hydrogens is 260 g/mol. The second-order valence-corrected chi connectivity index (χ2v) is 4.96. The predicted octanol–water partition coefficient (Wildman–Crippen LogP) is 2.79. The van der Waals surface area contributed by atoms with Gasteiger partial charge in [-0.2, -0.15) is 0 Å². The van der Waals surface area contributed by atoms with Gasteiger partial charge in [0, 0.05) is 37.1 Å². The van der Waals surface area contributed by atoms with E-state index in [1.165, 1.54) is 12.1 Å². The van der Waals surface area contributed by atoms with Gasteiger partial charge in [0.05, 0.1) is 12.2 Å². The monoisotopic (exact) mass is 275 g/mol. The lowest BCUT2D eigenvalue weighted by Gasteiger charge is -2.36. The molecule has 1 aromatic rings. The van der Waals surface area contributed by atoms with Gasteiger partial charge in [-0.25, -0.2) is 8.78 Å². The van der Waals surface area contributed by atoms with Crippen LogP contribution in [0.4, 0.5) is 8.78 Å². The molecule has 1 heterocycles. The van der Waals surface area contributed by atoms with Crippen LogP contribution in [0.3, 0.4) is 0 Å². The lowest BCUT2D eigenvalue weighted by atomic mass is 10.1. The number of morpholine rings is 1. The number of benzene rings is 1. The summed E-state index contributed by atoms with van der Waals surface area (Å²) < 4.78 is 32.0. The Morgan fingerprint density at radius 3 is 2.83 bits per heavy atom. The number of alkyl halides is 1. The number of rotatable bonds is 3. The highest BCUT2D eigenvalue weighted by Gasteiger charge is 2.25. The first-order chi connectivity index (χ1) is 8.58. The molecule has 0 bridgehead atoms. The van der Waals surface area contributed by atoms with Crippen LogP contribution in [0.25, 0.3) is 0 Å². The first-order valence-electron chi connectivity index (χ1n) is 5.96. The van der Waals surface area contributed by atoms with Crippen LogP contribution in [0, 0.1) is 11.6 Å². The summed E-state index contributed by atoms with van der Waals surface area (Å²) in [6.07, 6.45) is 0.0462. The number of halogens is 3. The molecule has 1 saturated heterocycles. The summed E-state index contributed by atoms with van der Waals surface area (Å²) in [5.74, 6) is -0.631. The van der Waals surface area contributed by atoms with E-state index < -0.39 is 11.6 Å². The third kappa shape index (κ3) is 3.40. The van der Waals surface area contributed by atoms with Gasteiger partial charge >= 0.3 is 0 Å². The molecule has 0 aromatic heterocycles. The van der Waals surface area contributed by atoms with Crippen molar-refractivity contribution in [3.05, 3.63) is 35.4 Å². The van der Waals surface area contributed by atoms with Crippen LogP contribution in [-0.2, 0) is 11.3 Å². The van der Waals surface area contributed by atoms with E-state index in [-0.39, 0.29) is 12.2 Å². The first-order valence-corrected chi connectivity index (χ1v) is 6.49. The average molecular weight is 276 g/mol. The lowest BCUT2D eigenvalue weighted by Crippen LogP contribution is -2.46.